The van der Waals surface area contributed by atoms with Crippen LogP contribution in [-0.4, -0.2) is 42.0 Å². The number of carbonyl (C=O) groups excluding carboxylic acids is 2. The van der Waals surface area contributed by atoms with E-state index in [1.807, 2.05) is 32.0 Å². The first kappa shape index (κ1) is 19.4. The SMILES string of the molecule is CCN(CC(C)C(=O)OC)C(=O)c1sc(-c2cccc(Cl)c2)nc1C. The van der Waals surface area contributed by atoms with Crippen molar-refractivity contribution in [2.45, 2.75) is 20.8 Å². The first-order valence-electron chi connectivity index (χ1n) is 7.97. The molecule has 0 saturated carbocycles. The summed E-state index contributed by atoms with van der Waals surface area (Å²) in [5.74, 6) is -0.831. The highest BCUT2D eigenvalue weighted by Gasteiger charge is 2.25. The van der Waals surface area contributed by atoms with Gasteiger partial charge in [0.05, 0.1) is 18.7 Å². The van der Waals surface area contributed by atoms with Crippen molar-refractivity contribution in [2.24, 2.45) is 5.92 Å². The lowest BCUT2D eigenvalue weighted by Gasteiger charge is -2.23. The van der Waals surface area contributed by atoms with E-state index in [0.29, 0.717) is 28.7 Å². The summed E-state index contributed by atoms with van der Waals surface area (Å²) >= 11 is 7.37. The van der Waals surface area contributed by atoms with Crippen molar-refractivity contribution in [3.8, 4) is 10.6 Å². The molecule has 0 aliphatic carbocycles. The zero-order chi connectivity index (χ0) is 18.6. The predicted molar refractivity (Wildman–Crippen MR) is 100 cm³/mol. The lowest BCUT2D eigenvalue weighted by atomic mass is 10.1. The van der Waals surface area contributed by atoms with Crippen LogP contribution < -0.4 is 0 Å². The van der Waals surface area contributed by atoms with Crippen LogP contribution in [0, 0.1) is 12.8 Å². The maximum atomic E-state index is 12.9. The molecular weight excluding hydrogens is 360 g/mol. The van der Waals surface area contributed by atoms with E-state index in [9.17, 15) is 9.59 Å². The van der Waals surface area contributed by atoms with Crippen molar-refractivity contribution in [2.75, 3.05) is 20.2 Å². The van der Waals surface area contributed by atoms with Crippen molar-refractivity contribution >= 4 is 34.8 Å². The highest BCUT2D eigenvalue weighted by molar-refractivity contribution is 7.17. The molecule has 0 aliphatic rings. The van der Waals surface area contributed by atoms with E-state index in [2.05, 4.69) is 4.98 Å². The van der Waals surface area contributed by atoms with Crippen LogP contribution in [0.25, 0.3) is 10.6 Å². The van der Waals surface area contributed by atoms with Gasteiger partial charge in [0.2, 0.25) is 0 Å². The topological polar surface area (TPSA) is 59.5 Å². The molecule has 7 heteroatoms. The normalized spacial score (nSPS) is 11.9. The summed E-state index contributed by atoms with van der Waals surface area (Å²) in [6.45, 7) is 6.26. The number of aryl methyl sites for hydroxylation is 1. The Morgan fingerprint density at radius 1 is 1.40 bits per heavy atom. The van der Waals surface area contributed by atoms with E-state index in [1.165, 1.54) is 18.4 Å². The lowest BCUT2D eigenvalue weighted by molar-refractivity contribution is -0.145. The van der Waals surface area contributed by atoms with E-state index < -0.39 is 0 Å². The van der Waals surface area contributed by atoms with Crippen molar-refractivity contribution in [1.82, 2.24) is 9.88 Å². The van der Waals surface area contributed by atoms with E-state index in [4.69, 9.17) is 16.3 Å². The smallest absolute Gasteiger partial charge is 0.310 e. The van der Waals surface area contributed by atoms with E-state index in [0.717, 1.165) is 10.6 Å². The Bertz CT molecular complexity index is 775. The number of hydrogen-bond acceptors (Lipinski definition) is 5. The third kappa shape index (κ3) is 4.58. The van der Waals surface area contributed by atoms with Gasteiger partial charge in [-0.15, -0.1) is 11.3 Å². The summed E-state index contributed by atoms with van der Waals surface area (Å²) in [7, 11) is 1.35. The number of ether oxygens (including phenoxy) is 1. The van der Waals surface area contributed by atoms with Gasteiger partial charge in [-0.25, -0.2) is 4.98 Å². The number of amides is 1. The standard InChI is InChI=1S/C18H21ClN2O3S/c1-5-21(10-11(2)18(23)24-4)17(22)15-12(3)20-16(25-15)13-7-6-8-14(19)9-13/h6-9,11H,5,10H2,1-4H3. The average Bonchev–Trinajstić information content (AvgIpc) is 2.99. The number of aromatic nitrogens is 1. The van der Waals surface area contributed by atoms with Crippen molar-refractivity contribution in [3.63, 3.8) is 0 Å². The molecule has 1 heterocycles. The molecule has 5 nitrogen and oxygen atoms in total. The number of thiazole rings is 1. The molecule has 0 spiro atoms. The van der Waals surface area contributed by atoms with Crippen molar-refractivity contribution in [1.29, 1.82) is 0 Å². The second-order valence-electron chi connectivity index (χ2n) is 5.71. The van der Waals surface area contributed by atoms with Gasteiger partial charge >= 0.3 is 5.97 Å². The van der Waals surface area contributed by atoms with Crippen molar-refractivity contribution < 1.29 is 14.3 Å². The minimum atomic E-state index is -0.380. The van der Waals surface area contributed by atoms with Gasteiger partial charge in [-0.2, -0.15) is 0 Å². The second kappa shape index (κ2) is 8.45. The summed E-state index contributed by atoms with van der Waals surface area (Å²) in [5, 5.41) is 1.38. The molecule has 1 unspecified atom stereocenters. The summed E-state index contributed by atoms with van der Waals surface area (Å²) in [5.41, 5.74) is 1.56. The predicted octanol–water partition coefficient (Wildman–Crippen LogP) is 4.04. The van der Waals surface area contributed by atoms with Gasteiger partial charge in [0, 0.05) is 23.7 Å². The van der Waals surface area contributed by atoms with Gasteiger partial charge in [0.15, 0.2) is 0 Å². The Labute approximate surface area is 156 Å². The number of methoxy groups -OCH3 is 1. The molecule has 0 fully saturated rings. The van der Waals surface area contributed by atoms with Gasteiger partial charge in [0.25, 0.3) is 5.91 Å². The number of benzene rings is 1. The number of nitrogens with zero attached hydrogens (tertiary/aromatic N) is 2. The fourth-order valence-corrected chi connectivity index (χ4v) is 3.67. The van der Waals surface area contributed by atoms with Gasteiger partial charge in [-0.3, -0.25) is 9.59 Å². The van der Waals surface area contributed by atoms with Gasteiger partial charge in [0.1, 0.15) is 9.88 Å². The summed E-state index contributed by atoms with van der Waals surface area (Å²) in [6, 6.07) is 7.39. The minimum Gasteiger partial charge on any atom is -0.469 e. The number of carbonyl (C=O) groups is 2. The van der Waals surface area contributed by atoms with Gasteiger partial charge in [-0.05, 0) is 26.0 Å². The van der Waals surface area contributed by atoms with Crippen LogP contribution in [0.15, 0.2) is 24.3 Å². The largest absolute Gasteiger partial charge is 0.469 e. The molecule has 2 aromatic rings. The molecule has 0 radical (unpaired) electrons. The van der Waals surface area contributed by atoms with Crippen LogP contribution >= 0.6 is 22.9 Å². The Balaban J connectivity index is 2.25. The highest BCUT2D eigenvalue weighted by atomic mass is 35.5. The molecule has 0 N–H and O–H groups in total. The summed E-state index contributed by atoms with van der Waals surface area (Å²) in [6.07, 6.45) is 0. The van der Waals surface area contributed by atoms with Crippen LogP contribution in [0.2, 0.25) is 5.02 Å². The van der Waals surface area contributed by atoms with Crippen LogP contribution in [-0.2, 0) is 9.53 Å². The molecule has 134 valence electrons. The number of hydrogen-bond donors (Lipinski definition) is 0. The first-order valence-corrected chi connectivity index (χ1v) is 9.17. The zero-order valence-corrected chi connectivity index (χ0v) is 16.3. The fraction of sp³-hybridized carbons (Fsp3) is 0.389. The Kier molecular flexibility index (Phi) is 6.56. The third-order valence-corrected chi connectivity index (χ3v) is 5.26. The van der Waals surface area contributed by atoms with E-state index in [-0.39, 0.29) is 17.8 Å². The molecule has 1 aromatic carbocycles. The Morgan fingerprint density at radius 2 is 2.12 bits per heavy atom. The lowest BCUT2D eigenvalue weighted by Crippen LogP contribution is -2.37. The maximum absolute atomic E-state index is 12.9. The summed E-state index contributed by atoms with van der Waals surface area (Å²) in [4.78, 5) is 31.2. The number of rotatable bonds is 6. The number of halogens is 1. The maximum Gasteiger partial charge on any atom is 0.310 e. The molecule has 0 bridgehead atoms. The summed E-state index contributed by atoms with van der Waals surface area (Å²) < 4.78 is 4.74. The molecular formula is C18H21ClN2O3S. The molecule has 0 saturated heterocycles. The Morgan fingerprint density at radius 3 is 2.72 bits per heavy atom. The average molecular weight is 381 g/mol. The molecule has 2 rings (SSSR count). The van der Waals surface area contributed by atoms with Gasteiger partial charge in [-0.1, -0.05) is 30.7 Å². The molecule has 1 atom stereocenters. The van der Waals surface area contributed by atoms with Crippen molar-refractivity contribution in [3.05, 3.63) is 39.9 Å². The number of esters is 1. The molecule has 1 amide bonds. The van der Waals surface area contributed by atoms with Crippen LogP contribution in [0.4, 0.5) is 0 Å². The van der Waals surface area contributed by atoms with Crippen LogP contribution in [0.3, 0.4) is 0 Å². The molecule has 1 aromatic heterocycles. The second-order valence-corrected chi connectivity index (χ2v) is 7.15. The first-order chi connectivity index (χ1) is 11.9. The third-order valence-electron chi connectivity index (χ3n) is 3.83. The Hall–Kier alpha value is -1.92. The quantitative estimate of drug-likeness (QED) is 0.709. The van der Waals surface area contributed by atoms with Crippen LogP contribution in [0.1, 0.15) is 29.2 Å². The zero-order valence-electron chi connectivity index (χ0n) is 14.7. The monoisotopic (exact) mass is 380 g/mol. The van der Waals surface area contributed by atoms with Crippen LogP contribution in [0.5, 0.6) is 0 Å². The molecule has 0 aliphatic heterocycles. The highest BCUT2D eigenvalue weighted by Crippen LogP contribution is 2.30. The van der Waals surface area contributed by atoms with Gasteiger partial charge < -0.3 is 9.64 Å². The fourth-order valence-electron chi connectivity index (χ4n) is 2.45. The molecule has 25 heavy (non-hydrogen) atoms. The minimum absolute atomic E-state index is 0.124. The van der Waals surface area contributed by atoms with E-state index in [1.54, 1.807) is 17.9 Å². The van der Waals surface area contributed by atoms with E-state index >= 15 is 0 Å².